The van der Waals surface area contributed by atoms with Gasteiger partial charge in [-0.15, -0.1) is 0 Å². The quantitative estimate of drug-likeness (QED) is 0.863. The number of hydrogen-bond acceptors (Lipinski definition) is 0. The van der Waals surface area contributed by atoms with E-state index in [9.17, 15) is 0 Å². The van der Waals surface area contributed by atoms with Crippen LogP contribution in [0.1, 0.15) is 33.4 Å². The molecule has 19 heavy (non-hydrogen) atoms. The molecule has 0 bridgehead atoms. The molecule has 2 aromatic rings. The average molecular weight is 254 g/mol. The molecule has 2 N–H and O–H groups in total. The summed E-state index contributed by atoms with van der Waals surface area (Å²) in [6.07, 6.45) is 0. The van der Waals surface area contributed by atoms with Crippen LogP contribution in [0.2, 0.25) is 0 Å². The van der Waals surface area contributed by atoms with Crippen LogP contribution in [0, 0.1) is 27.7 Å². The van der Waals surface area contributed by atoms with Crippen molar-refractivity contribution >= 4 is 0 Å². The third-order valence-electron chi connectivity index (χ3n) is 3.32. The highest BCUT2D eigenvalue weighted by molar-refractivity contribution is 5.29. The Balaban J connectivity index is 1.96. The van der Waals surface area contributed by atoms with Gasteiger partial charge in [-0.2, -0.15) is 0 Å². The second kappa shape index (κ2) is 6.03. The average Bonchev–Trinajstić information content (AvgIpc) is 2.26. The molecule has 0 saturated carbocycles. The summed E-state index contributed by atoms with van der Waals surface area (Å²) in [5, 5.41) is 2.38. The molecule has 0 aliphatic rings. The Morgan fingerprint density at radius 3 is 1.21 bits per heavy atom. The summed E-state index contributed by atoms with van der Waals surface area (Å²) >= 11 is 0. The van der Waals surface area contributed by atoms with Crippen LogP contribution in [0.3, 0.4) is 0 Å². The lowest BCUT2D eigenvalue weighted by molar-refractivity contribution is -0.686. The van der Waals surface area contributed by atoms with Gasteiger partial charge in [0.2, 0.25) is 0 Å². The SMILES string of the molecule is Cc1cc(C)cc(C[NH2+]Cc2cc(C)cc(C)c2)c1. The standard InChI is InChI=1S/C18H23N/c1-13-5-14(2)8-17(7-13)11-19-12-18-9-15(3)6-16(4)10-18/h5-10,19H,11-12H2,1-4H3/p+1. The summed E-state index contributed by atoms with van der Waals surface area (Å²) in [6.45, 7) is 10.8. The molecule has 2 aromatic carbocycles. The Kier molecular flexibility index (Phi) is 4.39. The first-order valence-corrected chi connectivity index (χ1v) is 6.99. The molecule has 1 heteroatoms. The van der Waals surface area contributed by atoms with Crippen molar-refractivity contribution in [1.29, 1.82) is 0 Å². The van der Waals surface area contributed by atoms with Crippen LogP contribution < -0.4 is 5.32 Å². The maximum atomic E-state index is 2.38. The predicted octanol–water partition coefficient (Wildman–Crippen LogP) is 3.18. The minimum absolute atomic E-state index is 1.05. The fraction of sp³-hybridized carbons (Fsp3) is 0.333. The Morgan fingerprint density at radius 2 is 0.895 bits per heavy atom. The van der Waals surface area contributed by atoms with Gasteiger partial charge in [0.25, 0.3) is 0 Å². The monoisotopic (exact) mass is 254 g/mol. The van der Waals surface area contributed by atoms with Crippen LogP contribution in [0.25, 0.3) is 0 Å². The number of benzene rings is 2. The van der Waals surface area contributed by atoms with Crippen molar-refractivity contribution < 1.29 is 5.32 Å². The van der Waals surface area contributed by atoms with Gasteiger partial charge >= 0.3 is 0 Å². The van der Waals surface area contributed by atoms with Crippen LogP contribution in [0.4, 0.5) is 0 Å². The van der Waals surface area contributed by atoms with Crippen molar-refractivity contribution in [3.8, 4) is 0 Å². The van der Waals surface area contributed by atoms with Crippen molar-refractivity contribution in [3.63, 3.8) is 0 Å². The molecular formula is C18H24N+. The molecule has 0 aromatic heterocycles. The highest BCUT2D eigenvalue weighted by atomic mass is 14.8. The van der Waals surface area contributed by atoms with Crippen LogP contribution >= 0.6 is 0 Å². The normalized spacial score (nSPS) is 10.7. The molecule has 1 nitrogen and oxygen atoms in total. The summed E-state index contributed by atoms with van der Waals surface area (Å²) in [5.74, 6) is 0. The van der Waals surface area contributed by atoms with E-state index >= 15 is 0 Å². The Bertz CT molecular complexity index is 478. The first kappa shape index (κ1) is 13.8. The molecule has 0 radical (unpaired) electrons. The second-order valence-corrected chi connectivity index (χ2v) is 5.69. The van der Waals surface area contributed by atoms with E-state index in [1.807, 2.05) is 0 Å². The van der Waals surface area contributed by atoms with E-state index in [0.717, 1.165) is 13.1 Å². The third-order valence-corrected chi connectivity index (χ3v) is 3.32. The molecule has 0 unspecified atom stereocenters. The van der Waals surface area contributed by atoms with E-state index in [0.29, 0.717) is 0 Å². The molecule has 0 heterocycles. The molecule has 0 fully saturated rings. The zero-order valence-corrected chi connectivity index (χ0v) is 12.5. The minimum atomic E-state index is 1.05. The van der Waals surface area contributed by atoms with Gasteiger partial charge in [0.05, 0.1) is 0 Å². The molecule has 0 aliphatic carbocycles. The summed E-state index contributed by atoms with van der Waals surface area (Å²) < 4.78 is 0. The van der Waals surface area contributed by atoms with E-state index in [2.05, 4.69) is 69.4 Å². The molecule has 2 rings (SSSR count). The fourth-order valence-electron chi connectivity index (χ4n) is 2.78. The van der Waals surface area contributed by atoms with E-state index in [-0.39, 0.29) is 0 Å². The molecule has 0 spiro atoms. The second-order valence-electron chi connectivity index (χ2n) is 5.69. The zero-order chi connectivity index (χ0) is 13.8. The minimum Gasteiger partial charge on any atom is -0.339 e. The van der Waals surface area contributed by atoms with Crippen LogP contribution in [0.15, 0.2) is 36.4 Å². The van der Waals surface area contributed by atoms with Crippen molar-refractivity contribution in [1.82, 2.24) is 0 Å². The summed E-state index contributed by atoms with van der Waals surface area (Å²) in [4.78, 5) is 0. The first-order chi connectivity index (χ1) is 9.02. The summed E-state index contributed by atoms with van der Waals surface area (Å²) in [7, 11) is 0. The lowest BCUT2D eigenvalue weighted by atomic mass is 10.1. The Morgan fingerprint density at radius 1 is 0.579 bits per heavy atom. The van der Waals surface area contributed by atoms with E-state index in [1.54, 1.807) is 0 Å². The molecule has 0 atom stereocenters. The Hall–Kier alpha value is -1.60. The number of aryl methyl sites for hydroxylation is 4. The fourth-order valence-corrected chi connectivity index (χ4v) is 2.78. The topological polar surface area (TPSA) is 16.6 Å². The number of hydrogen-bond donors (Lipinski definition) is 1. The van der Waals surface area contributed by atoms with Gasteiger partial charge in [0.15, 0.2) is 0 Å². The number of rotatable bonds is 4. The first-order valence-electron chi connectivity index (χ1n) is 6.99. The molecular weight excluding hydrogens is 230 g/mol. The molecule has 0 amide bonds. The highest BCUT2D eigenvalue weighted by Gasteiger charge is 2.01. The molecule has 0 saturated heterocycles. The smallest absolute Gasteiger partial charge is 0.102 e. The van der Waals surface area contributed by atoms with Gasteiger partial charge in [0.1, 0.15) is 13.1 Å². The van der Waals surface area contributed by atoms with Gasteiger partial charge in [-0.05, 0) is 27.7 Å². The molecule has 100 valence electrons. The highest BCUT2D eigenvalue weighted by Crippen LogP contribution is 2.09. The van der Waals surface area contributed by atoms with Crippen LogP contribution in [-0.4, -0.2) is 0 Å². The van der Waals surface area contributed by atoms with Crippen LogP contribution in [-0.2, 0) is 13.1 Å². The van der Waals surface area contributed by atoms with Gasteiger partial charge in [0, 0.05) is 11.1 Å². The van der Waals surface area contributed by atoms with Crippen LogP contribution in [0.5, 0.6) is 0 Å². The van der Waals surface area contributed by atoms with Crippen molar-refractivity contribution in [2.24, 2.45) is 0 Å². The van der Waals surface area contributed by atoms with E-state index in [4.69, 9.17) is 0 Å². The van der Waals surface area contributed by atoms with Crippen molar-refractivity contribution in [3.05, 3.63) is 69.8 Å². The maximum absolute atomic E-state index is 2.38. The van der Waals surface area contributed by atoms with Crippen molar-refractivity contribution in [2.45, 2.75) is 40.8 Å². The van der Waals surface area contributed by atoms with Crippen molar-refractivity contribution in [2.75, 3.05) is 0 Å². The van der Waals surface area contributed by atoms with Gasteiger partial charge in [-0.1, -0.05) is 58.7 Å². The lowest BCUT2D eigenvalue weighted by Gasteiger charge is -2.06. The van der Waals surface area contributed by atoms with Gasteiger partial charge < -0.3 is 5.32 Å². The third kappa shape index (κ3) is 4.22. The van der Waals surface area contributed by atoms with E-state index < -0.39 is 0 Å². The predicted molar refractivity (Wildman–Crippen MR) is 81.2 cm³/mol. The largest absolute Gasteiger partial charge is 0.339 e. The maximum Gasteiger partial charge on any atom is 0.102 e. The van der Waals surface area contributed by atoms with Gasteiger partial charge in [-0.3, -0.25) is 0 Å². The lowest BCUT2D eigenvalue weighted by Crippen LogP contribution is -2.80. The summed E-state index contributed by atoms with van der Waals surface area (Å²) in [5.41, 5.74) is 8.26. The molecule has 0 aliphatic heterocycles. The Labute approximate surface area is 116 Å². The summed E-state index contributed by atoms with van der Waals surface area (Å²) in [6, 6.07) is 13.6. The van der Waals surface area contributed by atoms with E-state index in [1.165, 1.54) is 33.4 Å². The number of nitrogens with two attached hydrogens (primary N) is 1. The zero-order valence-electron chi connectivity index (χ0n) is 12.5. The van der Waals surface area contributed by atoms with Gasteiger partial charge in [-0.25, -0.2) is 0 Å². The number of quaternary nitrogens is 1.